The third-order valence-electron chi connectivity index (χ3n) is 3.09. The Kier molecular flexibility index (Phi) is 4.79. The van der Waals surface area contributed by atoms with Crippen LogP contribution in [0, 0.1) is 0 Å². The van der Waals surface area contributed by atoms with E-state index in [1.807, 2.05) is 0 Å². The van der Waals surface area contributed by atoms with Gasteiger partial charge >= 0.3 is 12.1 Å². The summed E-state index contributed by atoms with van der Waals surface area (Å²) in [5.41, 5.74) is -0.0267. The van der Waals surface area contributed by atoms with E-state index in [-0.39, 0.29) is 6.61 Å². The summed E-state index contributed by atoms with van der Waals surface area (Å²) < 4.78 is 12.9. The zero-order valence-electron chi connectivity index (χ0n) is 13.1. The molecule has 1 aliphatic rings. The highest BCUT2D eigenvalue weighted by molar-refractivity contribution is 9.10. The number of carbonyl (C=O) groups excluding carboxylic acids is 2. The lowest BCUT2D eigenvalue weighted by atomic mass is 10.1. The van der Waals surface area contributed by atoms with Gasteiger partial charge in [-0.05, 0) is 43.6 Å². The summed E-state index contributed by atoms with van der Waals surface area (Å²) in [6.07, 6.45) is 1.07. The Labute approximate surface area is 137 Å². The first-order chi connectivity index (χ1) is 10.2. The van der Waals surface area contributed by atoms with Crippen LogP contribution >= 0.6 is 15.9 Å². The average Bonchev–Trinajstić information content (AvgIpc) is 2.78. The fraction of sp³-hybridized carbons (Fsp3) is 0.643. The number of aromatic nitrogens is 2. The van der Waals surface area contributed by atoms with E-state index in [9.17, 15) is 9.59 Å². The van der Waals surface area contributed by atoms with Crippen molar-refractivity contribution >= 4 is 28.0 Å². The Hall–Kier alpha value is -1.57. The number of rotatable bonds is 2. The molecule has 7 nitrogen and oxygen atoms in total. The van der Waals surface area contributed by atoms with Crippen molar-refractivity contribution in [1.82, 2.24) is 14.7 Å². The molecule has 1 aromatic rings. The minimum absolute atomic E-state index is 0.239. The van der Waals surface area contributed by atoms with Crippen molar-refractivity contribution in [3.05, 3.63) is 16.4 Å². The van der Waals surface area contributed by atoms with Crippen LogP contribution in [-0.4, -0.2) is 45.5 Å². The number of fused-ring (bicyclic) bond motifs is 1. The summed E-state index contributed by atoms with van der Waals surface area (Å²) in [6, 6.07) is -0.861. The molecule has 0 aliphatic carbocycles. The summed E-state index contributed by atoms with van der Waals surface area (Å²) in [5.74, 6) is -0.490. The van der Waals surface area contributed by atoms with Crippen LogP contribution in [0.2, 0.25) is 0 Å². The molecule has 1 aliphatic heterocycles. The van der Waals surface area contributed by atoms with Gasteiger partial charge < -0.3 is 9.47 Å². The molecule has 0 radical (unpaired) electrons. The zero-order valence-corrected chi connectivity index (χ0v) is 14.7. The number of ether oxygens (including phenoxy) is 2. The van der Waals surface area contributed by atoms with Crippen molar-refractivity contribution < 1.29 is 19.1 Å². The molecule has 0 saturated carbocycles. The lowest BCUT2D eigenvalue weighted by Gasteiger charge is -2.35. The molecule has 1 atom stereocenters. The number of carbonyl (C=O) groups is 2. The van der Waals surface area contributed by atoms with Crippen molar-refractivity contribution in [1.29, 1.82) is 0 Å². The molecule has 2 rings (SSSR count). The van der Waals surface area contributed by atoms with Crippen LogP contribution in [0.5, 0.6) is 0 Å². The number of hydrogen-bond donors (Lipinski definition) is 0. The number of hydrogen-bond acceptors (Lipinski definition) is 5. The molecule has 2 heterocycles. The largest absolute Gasteiger partial charge is 0.464 e. The number of halogens is 1. The lowest BCUT2D eigenvalue weighted by Crippen LogP contribution is -2.48. The fourth-order valence-electron chi connectivity index (χ4n) is 2.28. The molecule has 122 valence electrons. The van der Waals surface area contributed by atoms with Crippen LogP contribution in [-0.2, 0) is 20.8 Å². The van der Waals surface area contributed by atoms with E-state index in [0.717, 1.165) is 0 Å². The Morgan fingerprint density at radius 1 is 1.41 bits per heavy atom. The second-order valence-electron chi connectivity index (χ2n) is 5.93. The average molecular weight is 374 g/mol. The third-order valence-corrected chi connectivity index (χ3v) is 3.71. The van der Waals surface area contributed by atoms with Gasteiger partial charge in [-0.1, -0.05) is 0 Å². The minimum Gasteiger partial charge on any atom is -0.464 e. The van der Waals surface area contributed by atoms with Gasteiger partial charge in [-0.15, -0.1) is 0 Å². The van der Waals surface area contributed by atoms with Gasteiger partial charge in [-0.3, -0.25) is 9.58 Å². The molecule has 0 fully saturated rings. The molecule has 22 heavy (non-hydrogen) atoms. The molecular weight excluding hydrogens is 354 g/mol. The van der Waals surface area contributed by atoms with Crippen LogP contribution in [0.1, 0.15) is 39.4 Å². The summed E-state index contributed by atoms with van der Waals surface area (Å²) in [7, 11) is 0. The molecule has 0 spiro atoms. The van der Waals surface area contributed by atoms with Crippen LogP contribution in [0.25, 0.3) is 0 Å². The van der Waals surface area contributed by atoms with Crippen LogP contribution in [0.4, 0.5) is 4.79 Å². The molecule has 0 N–H and O–H groups in total. The minimum atomic E-state index is -0.861. The number of amides is 1. The number of nitrogens with zero attached hydrogens (tertiary/aromatic N) is 3. The first kappa shape index (κ1) is 16.8. The van der Waals surface area contributed by atoms with E-state index in [1.54, 1.807) is 38.6 Å². The van der Waals surface area contributed by atoms with E-state index in [1.165, 1.54) is 4.90 Å². The van der Waals surface area contributed by atoms with Gasteiger partial charge in [0.2, 0.25) is 0 Å². The Morgan fingerprint density at radius 2 is 2.09 bits per heavy atom. The van der Waals surface area contributed by atoms with Gasteiger partial charge in [0.1, 0.15) is 5.60 Å². The third kappa shape index (κ3) is 3.43. The maximum absolute atomic E-state index is 12.4. The van der Waals surface area contributed by atoms with Gasteiger partial charge in [-0.25, -0.2) is 9.59 Å². The van der Waals surface area contributed by atoms with Crippen molar-refractivity contribution in [2.75, 3.05) is 13.2 Å². The van der Waals surface area contributed by atoms with E-state index in [0.29, 0.717) is 23.3 Å². The first-order valence-corrected chi connectivity index (χ1v) is 7.91. The van der Waals surface area contributed by atoms with Crippen molar-refractivity contribution in [2.45, 2.75) is 45.9 Å². The van der Waals surface area contributed by atoms with E-state index < -0.39 is 23.7 Å². The topological polar surface area (TPSA) is 73.7 Å². The molecule has 0 aromatic carbocycles. The van der Waals surface area contributed by atoms with Gasteiger partial charge in [0, 0.05) is 6.54 Å². The van der Waals surface area contributed by atoms with Crippen LogP contribution in [0.3, 0.4) is 0 Å². The molecular formula is C14H20BrN3O4. The summed E-state index contributed by atoms with van der Waals surface area (Å²) in [6.45, 7) is 8.15. The predicted molar refractivity (Wildman–Crippen MR) is 82.2 cm³/mol. The maximum Gasteiger partial charge on any atom is 0.411 e. The van der Waals surface area contributed by atoms with Gasteiger partial charge in [0.25, 0.3) is 0 Å². The molecule has 0 saturated heterocycles. The van der Waals surface area contributed by atoms with Crippen molar-refractivity contribution in [3.63, 3.8) is 0 Å². The SMILES string of the molecule is CCOC(=O)C1c2c(Br)cnn2CCN1C(=O)OC(C)(C)C. The second-order valence-corrected chi connectivity index (χ2v) is 6.78. The fourth-order valence-corrected chi connectivity index (χ4v) is 2.79. The quantitative estimate of drug-likeness (QED) is 0.744. The highest BCUT2D eigenvalue weighted by Crippen LogP contribution is 2.33. The van der Waals surface area contributed by atoms with E-state index >= 15 is 0 Å². The summed E-state index contributed by atoms with van der Waals surface area (Å²) in [4.78, 5) is 26.2. The highest BCUT2D eigenvalue weighted by Gasteiger charge is 2.41. The van der Waals surface area contributed by atoms with Gasteiger partial charge in [0.05, 0.1) is 29.5 Å². The van der Waals surface area contributed by atoms with Crippen LogP contribution in [0.15, 0.2) is 10.7 Å². The standard InChI is InChI=1S/C14H20BrN3O4/c1-5-21-12(19)11-10-9(15)8-16-18(10)7-6-17(11)13(20)22-14(2,3)4/h8,11H,5-7H2,1-4H3. The van der Waals surface area contributed by atoms with Gasteiger partial charge in [-0.2, -0.15) is 5.10 Å². The monoisotopic (exact) mass is 373 g/mol. The maximum atomic E-state index is 12.4. The Morgan fingerprint density at radius 3 is 2.68 bits per heavy atom. The van der Waals surface area contributed by atoms with Crippen molar-refractivity contribution in [2.24, 2.45) is 0 Å². The zero-order chi connectivity index (χ0) is 16.5. The summed E-state index contributed by atoms with van der Waals surface area (Å²) >= 11 is 3.38. The van der Waals surface area contributed by atoms with E-state index in [2.05, 4.69) is 21.0 Å². The molecule has 0 bridgehead atoms. The first-order valence-electron chi connectivity index (χ1n) is 7.12. The van der Waals surface area contributed by atoms with Crippen molar-refractivity contribution in [3.8, 4) is 0 Å². The Bertz CT molecular complexity index is 579. The molecule has 8 heteroatoms. The lowest BCUT2D eigenvalue weighted by molar-refractivity contribution is -0.150. The predicted octanol–water partition coefficient (Wildman–Crippen LogP) is 2.50. The smallest absolute Gasteiger partial charge is 0.411 e. The van der Waals surface area contributed by atoms with Gasteiger partial charge in [0.15, 0.2) is 6.04 Å². The van der Waals surface area contributed by atoms with Crippen LogP contribution < -0.4 is 0 Å². The molecule has 1 aromatic heterocycles. The second kappa shape index (κ2) is 6.28. The van der Waals surface area contributed by atoms with E-state index in [4.69, 9.17) is 9.47 Å². The Balaban J connectivity index is 2.35. The summed E-state index contributed by atoms with van der Waals surface area (Å²) in [5, 5.41) is 4.20. The normalized spacial score (nSPS) is 17.9. The molecule has 1 unspecified atom stereocenters. The highest BCUT2D eigenvalue weighted by atomic mass is 79.9. The number of esters is 1. The molecule has 1 amide bonds.